The summed E-state index contributed by atoms with van der Waals surface area (Å²) in [6.07, 6.45) is 5.18. The maximum absolute atomic E-state index is 9.10. The van der Waals surface area contributed by atoms with Crippen molar-refractivity contribution < 1.29 is 0 Å². The zero-order valence-electron chi connectivity index (χ0n) is 13.0. The van der Waals surface area contributed by atoms with Crippen LogP contribution in [0.1, 0.15) is 18.3 Å². The second-order valence-corrected chi connectivity index (χ2v) is 5.32. The molecule has 114 valence electrons. The summed E-state index contributed by atoms with van der Waals surface area (Å²) < 4.78 is 2.00. The van der Waals surface area contributed by atoms with Crippen molar-refractivity contribution in [2.24, 2.45) is 17.8 Å². The number of nitrogens with two attached hydrogens (primary N) is 1. The third-order valence-corrected chi connectivity index (χ3v) is 3.60. The van der Waals surface area contributed by atoms with Gasteiger partial charge in [0.2, 0.25) is 0 Å². The Kier molecular flexibility index (Phi) is 3.77. The molecule has 0 saturated heterocycles. The smallest absolute Gasteiger partial charge is 0.131 e. The van der Waals surface area contributed by atoms with Gasteiger partial charge in [-0.05, 0) is 31.2 Å². The van der Waals surface area contributed by atoms with Crippen molar-refractivity contribution in [3.63, 3.8) is 0 Å². The fourth-order valence-electron chi connectivity index (χ4n) is 2.46. The number of hydrogen-bond acceptors (Lipinski definition) is 5. The summed E-state index contributed by atoms with van der Waals surface area (Å²) in [6.45, 7) is 2.26. The van der Waals surface area contributed by atoms with E-state index in [0.717, 1.165) is 27.8 Å². The SMILES string of the molecule is CC(N)=CC=NCc1nc2cnc3ccc(C#N)cc3c2n1C. The quantitative estimate of drug-likeness (QED) is 0.752. The molecule has 6 heteroatoms. The number of nitrogens with zero attached hydrogens (tertiary/aromatic N) is 5. The average molecular weight is 304 g/mol. The van der Waals surface area contributed by atoms with E-state index in [1.807, 2.05) is 30.7 Å². The van der Waals surface area contributed by atoms with Gasteiger partial charge in [-0.1, -0.05) is 0 Å². The number of aliphatic imine (C=N–C) groups is 1. The van der Waals surface area contributed by atoms with Crippen molar-refractivity contribution in [1.29, 1.82) is 5.26 Å². The molecule has 0 aliphatic heterocycles. The molecule has 0 spiro atoms. The van der Waals surface area contributed by atoms with Crippen LogP contribution < -0.4 is 5.73 Å². The molecule has 0 aliphatic carbocycles. The fraction of sp³-hybridized carbons (Fsp3) is 0.176. The lowest BCUT2D eigenvalue weighted by Crippen LogP contribution is -1.97. The Morgan fingerprint density at radius 3 is 3.00 bits per heavy atom. The second-order valence-electron chi connectivity index (χ2n) is 5.32. The molecule has 0 radical (unpaired) electrons. The van der Waals surface area contributed by atoms with E-state index in [1.165, 1.54) is 0 Å². The Balaban J connectivity index is 2.11. The van der Waals surface area contributed by atoms with E-state index in [9.17, 15) is 0 Å². The normalized spacial score (nSPS) is 12.3. The number of aryl methyl sites for hydroxylation is 1. The van der Waals surface area contributed by atoms with Crippen LogP contribution in [0.3, 0.4) is 0 Å². The molecule has 2 heterocycles. The van der Waals surface area contributed by atoms with Crippen LogP contribution in [0.4, 0.5) is 0 Å². The van der Waals surface area contributed by atoms with Crippen molar-refractivity contribution in [2.45, 2.75) is 13.5 Å². The van der Waals surface area contributed by atoms with Gasteiger partial charge in [-0.25, -0.2) is 4.98 Å². The molecule has 0 bridgehead atoms. The Morgan fingerprint density at radius 2 is 2.26 bits per heavy atom. The third kappa shape index (κ3) is 2.77. The largest absolute Gasteiger partial charge is 0.402 e. The van der Waals surface area contributed by atoms with Gasteiger partial charge in [0.1, 0.15) is 11.3 Å². The number of aromatic nitrogens is 3. The topological polar surface area (TPSA) is 92.9 Å². The molecule has 0 amide bonds. The molecule has 3 rings (SSSR count). The van der Waals surface area contributed by atoms with Crippen LogP contribution in [-0.2, 0) is 13.6 Å². The molecule has 2 aromatic heterocycles. The molecule has 2 N–H and O–H groups in total. The van der Waals surface area contributed by atoms with Gasteiger partial charge in [-0.2, -0.15) is 5.26 Å². The summed E-state index contributed by atoms with van der Waals surface area (Å²) in [6, 6.07) is 7.63. The molecular weight excluding hydrogens is 288 g/mol. The maximum atomic E-state index is 9.10. The highest BCUT2D eigenvalue weighted by atomic mass is 15.1. The van der Waals surface area contributed by atoms with Crippen LogP contribution in [-0.4, -0.2) is 20.7 Å². The number of fused-ring (bicyclic) bond motifs is 3. The first-order valence-corrected chi connectivity index (χ1v) is 7.16. The minimum Gasteiger partial charge on any atom is -0.402 e. The molecule has 6 nitrogen and oxygen atoms in total. The predicted molar refractivity (Wildman–Crippen MR) is 90.9 cm³/mol. The van der Waals surface area contributed by atoms with Crippen LogP contribution in [0.2, 0.25) is 0 Å². The van der Waals surface area contributed by atoms with Gasteiger partial charge in [0.15, 0.2) is 0 Å². The van der Waals surface area contributed by atoms with Crippen molar-refractivity contribution in [1.82, 2.24) is 14.5 Å². The Labute approximate surface area is 133 Å². The van der Waals surface area contributed by atoms with Crippen LogP contribution >= 0.6 is 0 Å². The van der Waals surface area contributed by atoms with Crippen LogP contribution in [0, 0.1) is 11.3 Å². The number of benzene rings is 1. The van der Waals surface area contributed by atoms with E-state index in [4.69, 9.17) is 11.0 Å². The molecule has 0 unspecified atom stereocenters. The number of rotatable bonds is 3. The number of hydrogen-bond donors (Lipinski definition) is 1. The fourth-order valence-corrected chi connectivity index (χ4v) is 2.46. The highest BCUT2D eigenvalue weighted by molar-refractivity contribution is 6.02. The standard InChI is InChI=1S/C17H16N6/c1-11(19)5-6-20-10-16-22-15-9-21-14-4-3-12(8-18)7-13(14)17(15)23(16)2/h3-7,9H,10,19H2,1-2H3. The summed E-state index contributed by atoms with van der Waals surface area (Å²) in [5.74, 6) is 0.830. The van der Waals surface area contributed by atoms with Crippen LogP contribution in [0.25, 0.3) is 21.9 Å². The monoisotopic (exact) mass is 304 g/mol. The molecule has 23 heavy (non-hydrogen) atoms. The van der Waals surface area contributed by atoms with E-state index < -0.39 is 0 Å². The zero-order chi connectivity index (χ0) is 16.4. The van der Waals surface area contributed by atoms with Crippen LogP contribution in [0.15, 0.2) is 41.2 Å². The van der Waals surface area contributed by atoms with Gasteiger partial charge in [-0.15, -0.1) is 0 Å². The Morgan fingerprint density at radius 1 is 1.43 bits per heavy atom. The first-order chi connectivity index (χ1) is 11.1. The minimum absolute atomic E-state index is 0.453. The number of imidazole rings is 1. The van der Waals surface area contributed by atoms with Gasteiger partial charge in [0.25, 0.3) is 0 Å². The van der Waals surface area contributed by atoms with Crippen molar-refractivity contribution in [3.8, 4) is 6.07 Å². The summed E-state index contributed by atoms with van der Waals surface area (Å²) in [4.78, 5) is 13.3. The molecule has 0 atom stereocenters. The van der Waals surface area contributed by atoms with Gasteiger partial charge in [-0.3, -0.25) is 9.98 Å². The number of allylic oxidation sites excluding steroid dienone is 2. The van der Waals surface area contributed by atoms with Gasteiger partial charge in [0, 0.05) is 24.3 Å². The summed E-state index contributed by atoms with van der Waals surface area (Å²) in [5.41, 5.74) is 9.48. The van der Waals surface area contributed by atoms with Crippen molar-refractivity contribution >= 4 is 28.2 Å². The first kappa shape index (κ1) is 14.7. The van der Waals surface area contributed by atoms with E-state index in [2.05, 4.69) is 21.0 Å². The summed E-state index contributed by atoms with van der Waals surface area (Å²) >= 11 is 0. The lowest BCUT2D eigenvalue weighted by atomic mass is 10.1. The molecule has 0 saturated carbocycles. The Bertz CT molecular complexity index is 984. The molecule has 3 aromatic rings. The maximum Gasteiger partial charge on any atom is 0.131 e. The predicted octanol–water partition coefficient (Wildman–Crippen LogP) is 2.43. The lowest BCUT2D eigenvalue weighted by molar-refractivity contribution is 0.817. The number of pyridine rings is 1. The summed E-state index contributed by atoms with van der Waals surface area (Å²) in [5, 5.41) is 10.0. The third-order valence-electron chi connectivity index (χ3n) is 3.60. The molecule has 1 aromatic carbocycles. The first-order valence-electron chi connectivity index (χ1n) is 7.16. The average Bonchev–Trinajstić information content (AvgIpc) is 2.87. The molecule has 0 fully saturated rings. The molecular formula is C17H16N6. The second kappa shape index (κ2) is 5.89. The van der Waals surface area contributed by atoms with E-state index in [1.54, 1.807) is 24.6 Å². The van der Waals surface area contributed by atoms with Gasteiger partial charge >= 0.3 is 0 Å². The van der Waals surface area contributed by atoms with E-state index >= 15 is 0 Å². The van der Waals surface area contributed by atoms with Crippen LogP contribution in [0.5, 0.6) is 0 Å². The highest BCUT2D eigenvalue weighted by Crippen LogP contribution is 2.25. The van der Waals surface area contributed by atoms with Gasteiger partial charge < -0.3 is 10.3 Å². The van der Waals surface area contributed by atoms with E-state index in [-0.39, 0.29) is 0 Å². The summed E-state index contributed by atoms with van der Waals surface area (Å²) in [7, 11) is 1.95. The van der Waals surface area contributed by atoms with Crippen molar-refractivity contribution in [2.75, 3.05) is 0 Å². The van der Waals surface area contributed by atoms with Crippen molar-refractivity contribution in [3.05, 3.63) is 47.6 Å². The lowest BCUT2D eigenvalue weighted by Gasteiger charge is -2.03. The van der Waals surface area contributed by atoms with Gasteiger partial charge in [0.05, 0.1) is 35.4 Å². The molecule has 0 aliphatic rings. The van der Waals surface area contributed by atoms with E-state index in [0.29, 0.717) is 17.8 Å². The Hall–Kier alpha value is -3.20. The number of nitriles is 1. The highest BCUT2D eigenvalue weighted by Gasteiger charge is 2.11. The minimum atomic E-state index is 0.453. The zero-order valence-corrected chi connectivity index (χ0v) is 13.0.